The molecule has 23 heavy (non-hydrogen) atoms. The topological polar surface area (TPSA) is 78.5 Å². The van der Waals surface area contributed by atoms with Crippen molar-refractivity contribution >= 4 is 40.8 Å². The number of rotatable bonds is 5. The van der Waals surface area contributed by atoms with Crippen molar-refractivity contribution in [3.8, 4) is 5.75 Å². The number of carbonyl (C=O) groups is 2. The predicted molar refractivity (Wildman–Crippen MR) is 86.0 cm³/mol. The molecular formula is C16H12Cl2NO4-. The molecule has 2 rings (SSSR count). The quantitative estimate of drug-likeness (QED) is 0.897. The zero-order valence-electron chi connectivity index (χ0n) is 12.0. The number of anilines is 1. The molecule has 120 valence electrons. The van der Waals surface area contributed by atoms with Crippen molar-refractivity contribution in [1.82, 2.24) is 0 Å². The number of halogens is 2. The molecule has 0 fully saturated rings. The molecule has 0 saturated carbocycles. The standard InChI is InChI=1S/C16H13Cl2NO4/c1-9(16(21)22)23-12-5-2-10(3-6-12)15(20)19-14-8-11(17)4-7-13(14)18/h2-9H,1H3,(H,19,20)(H,21,22)/p-1/t9-/m1/s1. The van der Waals surface area contributed by atoms with Crippen LogP contribution in [0.2, 0.25) is 10.0 Å². The van der Waals surface area contributed by atoms with E-state index in [-0.39, 0.29) is 5.91 Å². The highest BCUT2D eigenvalue weighted by Crippen LogP contribution is 2.26. The van der Waals surface area contributed by atoms with Gasteiger partial charge in [-0.25, -0.2) is 0 Å². The van der Waals surface area contributed by atoms with Gasteiger partial charge in [0, 0.05) is 10.6 Å². The van der Waals surface area contributed by atoms with E-state index in [4.69, 9.17) is 27.9 Å². The maximum atomic E-state index is 12.2. The third kappa shape index (κ3) is 4.61. The van der Waals surface area contributed by atoms with E-state index < -0.39 is 12.1 Å². The summed E-state index contributed by atoms with van der Waals surface area (Å²) >= 11 is 11.8. The Morgan fingerprint density at radius 1 is 1.13 bits per heavy atom. The van der Waals surface area contributed by atoms with Crippen molar-refractivity contribution in [2.24, 2.45) is 0 Å². The highest BCUT2D eigenvalue weighted by molar-refractivity contribution is 6.35. The van der Waals surface area contributed by atoms with Crippen LogP contribution in [0, 0.1) is 0 Å². The first-order chi connectivity index (χ1) is 10.9. The van der Waals surface area contributed by atoms with Crippen molar-refractivity contribution in [3.05, 3.63) is 58.1 Å². The largest absolute Gasteiger partial charge is 0.546 e. The second-order valence-corrected chi connectivity index (χ2v) is 5.53. The fourth-order valence-electron chi connectivity index (χ4n) is 1.72. The first-order valence-corrected chi connectivity index (χ1v) is 7.36. The molecule has 0 aromatic heterocycles. The van der Waals surface area contributed by atoms with E-state index in [2.05, 4.69) is 5.32 Å². The van der Waals surface area contributed by atoms with Crippen molar-refractivity contribution in [1.29, 1.82) is 0 Å². The third-order valence-electron chi connectivity index (χ3n) is 2.94. The molecule has 0 heterocycles. The molecule has 0 bridgehead atoms. The van der Waals surface area contributed by atoms with Crippen molar-refractivity contribution in [2.45, 2.75) is 13.0 Å². The summed E-state index contributed by atoms with van der Waals surface area (Å²) < 4.78 is 5.13. The molecule has 2 aromatic carbocycles. The van der Waals surface area contributed by atoms with Gasteiger partial charge in [-0.2, -0.15) is 0 Å². The summed E-state index contributed by atoms with van der Waals surface area (Å²) in [7, 11) is 0. The second-order valence-electron chi connectivity index (χ2n) is 4.68. The van der Waals surface area contributed by atoms with E-state index in [0.717, 1.165) is 0 Å². The van der Waals surface area contributed by atoms with E-state index in [9.17, 15) is 14.7 Å². The summed E-state index contributed by atoms with van der Waals surface area (Å²) in [6.45, 7) is 1.36. The van der Waals surface area contributed by atoms with Crippen LogP contribution in [0.4, 0.5) is 5.69 Å². The molecule has 0 aliphatic heterocycles. The molecule has 7 heteroatoms. The summed E-state index contributed by atoms with van der Waals surface area (Å²) in [6, 6.07) is 10.7. The lowest BCUT2D eigenvalue weighted by molar-refractivity contribution is -0.312. The molecule has 1 amide bonds. The Morgan fingerprint density at radius 2 is 1.78 bits per heavy atom. The number of benzene rings is 2. The van der Waals surface area contributed by atoms with Crippen LogP contribution in [0.5, 0.6) is 5.75 Å². The third-order valence-corrected chi connectivity index (χ3v) is 3.50. The average molecular weight is 353 g/mol. The first-order valence-electron chi connectivity index (χ1n) is 6.61. The van der Waals surface area contributed by atoms with Crippen molar-refractivity contribution < 1.29 is 19.4 Å². The van der Waals surface area contributed by atoms with Gasteiger partial charge in [-0.1, -0.05) is 23.2 Å². The lowest BCUT2D eigenvalue weighted by Crippen LogP contribution is -2.37. The van der Waals surface area contributed by atoms with Crippen LogP contribution in [-0.4, -0.2) is 18.0 Å². The van der Waals surface area contributed by atoms with Crippen LogP contribution in [-0.2, 0) is 4.79 Å². The van der Waals surface area contributed by atoms with Crippen molar-refractivity contribution in [3.63, 3.8) is 0 Å². The zero-order chi connectivity index (χ0) is 17.0. The van der Waals surface area contributed by atoms with Gasteiger partial charge in [0.05, 0.1) is 16.7 Å². The van der Waals surface area contributed by atoms with Gasteiger partial charge in [-0.05, 0) is 49.4 Å². The minimum absolute atomic E-state index is 0.319. The number of hydrogen-bond donors (Lipinski definition) is 1. The Kier molecular flexibility index (Phi) is 5.47. The average Bonchev–Trinajstić information content (AvgIpc) is 2.51. The van der Waals surface area contributed by atoms with Crippen LogP contribution >= 0.6 is 23.2 Å². The predicted octanol–water partition coefficient (Wildman–Crippen LogP) is 2.76. The van der Waals surface area contributed by atoms with Crippen LogP contribution in [0.1, 0.15) is 17.3 Å². The van der Waals surface area contributed by atoms with Gasteiger partial charge >= 0.3 is 0 Å². The van der Waals surface area contributed by atoms with E-state index in [1.807, 2.05) is 0 Å². The minimum atomic E-state index is -1.32. The highest BCUT2D eigenvalue weighted by Gasteiger charge is 2.10. The number of hydrogen-bond acceptors (Lipinski definition) is 4. The summed E-state index contributed by atoms with van der Waals surface area (Å²) in [5.74, 6) is -1.38. The number of carboxylic acids is 1. The first kappa shape index (κ1) is 17.1. The lowest BCUT2D eigenvalue weighted by atomic mass is 10.2. The van der Waals surface area contributed by atoms with Crippen molar-refractivity contribution in [2.75, 3.05) is 5.32 Å². The van der Waals surface area contributed by atoms with E-state index in [1.165, 1.54) is 31.2 Å². The van der Waals surface area contributed by atoms with E-state index in [0.29, 0.717) is 27.0 Å². The van der Waals surface area contributed by atoms with E-state index >= 15 is 0 Å². The maximum Gasteiger partial charge on any atom is 0.255 e. The number of aliphatic carboxylic acids is 1. The Morgan fingerprint density at radius 3 is 2.39 bits per heavy atom. The maximum absolute atomic E-state index is 12.2. The lowest BCUT2D eigenvalue weighted by Gasteiger charge is -2.15. The van der Waals surface area contributed by atoms with Gasteiger partial charge in [0.15, 0.2) is 0 Å². The molecule has 5 nitrogen and oxygen atoms in total. The fourth-order valence-corrected chi connectivity index (χ4v) is 2.06. The number of carbonyl (C=O) groups excluding carboxylic acids is 2. The summed E-state index contributed by atoms with van der Waals surface area (Å²) in [4.78, 5) is 22.8. The number of amides is 1. The molecule has 2 aromatic rings. The Hall–Kier alpha value is -2.24. The molecule has 0 spiro atoms. The Labute approximate surface area is 142 Å². The molecule has 0 aliphatic rings. The molecule has 0 unspecified atom stereocenters. The molecular weight excluding hydrogens is 341 g/mol. The normalized spacial score (nSPS) is 11.6. The van der Waals surface area contributed by atoms with Crippen LogP contribution in [0.15, 0.2) is 42.5 Å². The molecule has 0 aliphatic carbocycles. The van der Waals surface area contributed by atoms with Crippen LogP contribution in [0.3, 0.4) is 0 Å². The highest BCUT2D eigenvalue weighted by atomic mass is 35.5. The van der Waals surface area contributed by atoms with Gasteiger partial charge in [-0.3, -0.25) is 4.79 Å². The van der Waals surface area contributed by atoms with Crippen LogP contribution in [0.25, 0.3) is 0 Å². The Bertz CT molecular complexity index is 731. The van der Waals surface area contributed by atoms with E-state index in [1.54, 1.807) is 18.2 Å². The monoisotopic (exact) mass is 352 g/mol. The molecule has 0 radical (unpaired) electrons. The minimum Gasteiger partial charge on any atom is -0.546 e. The van der Waals surface area contributed by atoms with Gasteiger partial charge in [-0.15, -0.1) is 0 Å². The summed E-state index contributed by atoms with van der Waals surface area (Å²) in [5.41, 5.74) is 0.754. The molecule has 1 atom stereocenters. The van der Waals surface area contributed by atoms with Gasteiger partial charge < -0.3 is 20.0 Å². The second kappa shape index (κ2) is 7.35. The number of ether oxygens (including phenoxy) is 1. The van der Waals surface area contributed by atoms with Crippen LogP contribution < -0.4 is 15.2 Å². The zero-order valence-corrected chi connectivity index (χ0v) is 13.5. The summed E-state index contributed by atoms with van der Waals surface area (Å²) in [5, 5.41) is 14.1. The SMILES string of the molecule is C[C@@H](Oc1ccc(C(=O)Nc2cc(Cl)ccc2Cl)cc1)C(=O)[O-]. The van der Waals surface area contributed by atoms with Gasteiger partial charge in [0.2, 0.25) is 0 Å². The van der Waals surface area contributed by atoms with Gasteiger partial charge in [0.1, 0.15) is 11.9 Å². The fraction of sp³-hybridized carbons (Fsp3) is 0.125. The summed E-state index contributed by atoms with van der Waals surface area (Å²) in [6.07, 6.45) is -1.08. The molecule has 1 N–H and O–H groups in total. The van der Waals surface area contributed by atoms with Gasteiger partial charge in [0.25, 0.3) is 5.91 Å². The Balaban J connectivity index is 2.08. The molecule has 0 saturated heterocycles. The number of nitrogens with one attached hydrogen (secondary N) is 1. The smallest absolute Gasteiger partial charge is 0.255 e. The number of carboxylic acid groups (broad SMARTS) is 1.